The first-order chi connectivity index (χ1) is 15.8. The van der Waals surface area contributed by atoms with Crippen molar-refractivity contribution in [2.45, 2.75) is 108 Å². The zero-order chi connectivity index (χ0) is 27.0. The molecule has 2 N–H and O–H groups in total. The van der Waals surface area contributed by atoms with Crippen LogP contribution in [0.25, 0.3) is 10.4 Å². The number of azide groups is 1. The molecule has 35 heavy (non-hydrogen) atoms. The van der Waals surface area contributed by atoms with Crippen molar-refractivity contribution in [3.63, 3.8) is 0 Å². The first-order valence-corrected chi connectivity index (χ1v) is 17.7. The summed E-state index contributed by atoms with van der Waals surface area (Å²) in [6, 6.07) is 1.24. The molecule has 0 saturated carbocycles. The van der Waals surface area contributed by atoms with E-state index in [1.165, 1.54) is 16.8 Å². The lowest BCUT2D eigenvalue weighted by Gasteiger charge is -2.44. The minimum absolute atomic E-state index is 0.151. The van der Waals surface area contributed by atoms with Gasteiger partial charge in [-0.3, -0.25) is 14.3 Å². The molecule has 5 atom stereocenters. The van der Waals surface area contributed by atoms with Gasteiger partial charge in [-0.15, -0.1) is 0 Å². The zero-order valence-corrected chi connectivity index (χ0v) is 24.5. The molecule has 2 rings (SSSR count). The largest absolute Gasteiger partial charge is 0.408 e. The Bertz CT molecular complexity index is 1050. The molecule has 0 aromatic carbocycles. The van der Waals surface area contributed by atoms with Crippen molar-refractivity contribution in [1.29, 1.82) is 0 Å². The smallest absolute Gasteiger partial charge is 0.330 e. The van der Waals surface area contributed by atoms with Crippen LogP contribution in [0.15, 0.2) is 27.0 Å². The molecule has 0 spiro atoms. The summed E-state index contributed by atoms with van der Waals surface area (Å²) in [4.78, 5) is 29.5. The number of aliphatic hydroxyl groups excluding tert-OH is 1. The summed E-state index contributed by atoms with van der Waals surface area (Å²) in [6.07, 6.45) is -3.20. The van der Waals surface area contributed by atoms with Crippen molar-refractivity contribution in [3.8, 4) is 0 Å². The number of aliphatic hydroxyl groups is 1. The van der Waals surface area contributed by atoms with Gasteiger partial charge in [0.1, 0.15) is 18.3 Å². The number of ether oxygens (including phenoxy) is 1. The molecule has 1 aromatic rings. The Morgan fingerprint density at radius 3 is 2.09 bits per heavy atom. The van der Waals surface area contributed by atoms with Gasteiger partial charge in [0.25, 0.3) is 5.56 Å². The number of nitrogens with zero attached hydrogens (tertiary/aromatic N) is 4. The van der Waals surface area contributed by atoms with Crippen molar-refractivity contribution >= 4 is 16.6 Å². The van der Waals surface area contributed by atoms with Gasteiger partial charge in [0.15, 0.2) is 22.9 Å². The molecule has 0 radical (unpaired) electrons. The molecule has 11 nitrogen and oxygen atoms in total. The fourth-order valence-corrected chi connectivity index (χ4v) is 5.93. The van der Waals surface area contributed by atoms with Crippen molar-refractivity contribution in [2.24, 2.45) is 5.11 Å². The summed E-state index contributed by atoms with van der Waals surface area (Å²) in [5.41, 5.74) is 7.61. The molecule has 1 saturated heterocycles. The SMILES string of the molecule is CC(C)(C)[Si](C)(C)O[C@@H]1[C@H](O[Si](C)(C)C(C)(C)C)C(C(O)CN=[N+]=[N-])O[C@H]1n1ccc(=O)[nH]c1=O. The Balaban J connectivity index is 2.68. The molecule has 1 aromatic heterocycles. The van der Waals surface area contributed by atoms with Crippen molar-refractivity contribution in [3.05, 3.63) is 43.5 Å². The van der Waals surface area contributed by atoms with Gasteiger partial charge in [0, 0.05) is 17.2 Å². The zero-order valence-electron chi connectivity index (χ0n) is 22.5. The fraction of sp³-hybridized carbons (Fsp3) is 0.818. The third kappa shape index (κ3) is 6.53. The molecule has 1 aliphatic heterocycles. The summed E-state index contributed by atoms with van der Waals surface area (Å²) >= 11 is 0. The Hall–Kier alpha value is -1.74. The van der Waals surface area contributed by atoms with E-state index >= 15 is 0 Å². The lowest BCUT2D eigenvalue weighted by Crippen LogP contribution is -2.55. The van der Waals surface area contributed by atoms with Crippen LogP contribution in [0.5, 0.6) is 0 Å². The quantitative estimate of drug-likeness (QED) is 0.226. The molecule has 1 aliphatic rings. The molecule has 2 unspecified atom stereocenters. The van der Waals surface area contributed by atoms with Crippen LogP contribution in [0.1, 0.15) is 47.8 Å². The highest BCUT2D eigenvalue weighted by molar-refractivity contribution is 6.74. The first-order valence-electron chi connectivity index (χ1n) is 11.8. The molecule has 0 amide bonds. The second kappa shape index (κ2) is 10.3. The van der Waals surface area contributed by atoms with E-state index in [4.69, 9.17) is 19.1 Å². The monoisotopic (exact) mass is 527 g/mol. The van der Waals surface area contributed by atoms with Crippen LogP contribution < -0.4 is 11.2 Å². The van der Waals surface area contributed by atoms with Crippen LogP contribution in [0.3, 0.4) is 0 Å². The average Bonchev–Trinajstić information content (AvgIpc) is 3.01. The first kappa shape index (κ1) is 29.5. The number of aromatic amines is 1. The second-order valence-corrected chi connectivity index (χ2v) is 21.7. The maximum absolute atomic E-state index is 12.8. The molecular formula is C22H41N5O6Si2. The number of hydrogen-bond acceptors (Lipinski definition) is 7. The van der Waals surface area contributed by atoms with E-state index in [0.29, 0.717) is 0 Å². The van der Waals surface area contributed by atoms with Crippen LogP contribution in [-0.4, -0.2) is 62.3 Å². The van der Waals surface area contributed by atoms with E-state index in [1.807, 2.05) is 0 Å². The van der Waals surface area contributed by atoms with E-state index in [0.717, 1.165) is 0 Å². The maximum atomic E-state index is 12.8. The summed E-state index contributed by atoms with van der Waals surface area (Å²) in [5, 5.41) is 14.2. The fourth-order valence-electron chi connectivity index (χ4n) is 3.34. The molecule has 2 heterocycles. The van der Waals surface area contributed by atoms with E-state index in [-0.39, 0.29) is 16.6 Å². The molecule has 1 fully saturated rings. The van der Waals surface area contributed by atoms with E-state index < -0.39 is 58.5 Å². The number of H-pyrrole nitrogens is 1. The summed E-state index contributed by atoms with van der Waals surface area (Å²) in [5.74, 6) is 0. The standard InChI is InChI=1S/C22H41N5O6Si2/c1-21(2,3)34(7,8)32-17-16(14(28)13-24-26-23)31-19(27-12-11-15(29)25-20(27)30)18(17)33-35(9,10)22(4,5)6/h11-12,14,16-19,28H,13H2,1-10H3,(H,25,29,30)/t14?,16?,17-,18-,19-/m1/s1. The highest BCUT2D eigenvalue weighted by atomic mass is 28.4. The van der Waals surface area contributed by atoms with Gasteiger partial charge in [-0.25, -0.2) is 4.79 Å². The normalized spacial score (nSPS) is 24.8. The average molecular weight is 528 g/mol. The lowest BCUT2D eigenvalue weighted by molar-refractivity contribution is -0.0811. The number of rotatable bonds is 8. The summed E-state index contributed by atoms with van der Waals surface area (Å²) in [7, 11) is -4.83. The third-order valence-corrected chi connectivity index (χ3v) is 16.5. The Kier molecular flexibility index (Phi) is 8.70. The van der Waals surface area contributed by atoms with Crippen LogP contribution in [0.4, 0.5) is 0 Å². The van der Waals surface area contributed by atoms with Crippen LogP contribution >= 0.6 is 0 Å². The van der Waals surface area contributed by atoms with E-state index in [1.54, 1.807) is 0 Å². The second-order valence-electron chi connectivity index (χ2n) is 12.2. The third-order valence-electron chi connectivity index (χ3n) is 7.54. The number of aromatic nitrogens is 2. The molecule has 0 aliphatic carbocycles. The predicted octanol–water partition coefficient (Wildman–Crippen LogP) is 3.89. The van der Waals surface area contributed by atoms with Crippen LogP contribution in [-0.2, 0) is 13.6 Å². The van der Waals surface area contributed by atoms with Gasteiger partial charge in [-0.2, -0.15) is 0 Å². The molecule has 13 heteroatoms. The molecule has 198 valence electrons. The minimum Gasteiger partial charge on any atom is -0.408 e. The van der Waals surface area contributed by atoms with Gasteiger partial charge >= 0.3 is 5.69 Å². The Labute approximate surface area is 208 Å². The number of hydrogen-bond donors (Lipinski definition) is 2. The van der Waals surface area contributed by atoms with Crippen LogP contribution in [0.2, 0.25) is 36.3 Å². The summed E-state index contributed by atoms with van der Waals surface area (Å²) in [6.45, 7) is 20.8. The van der Waals surface area contributed by atoms with Gasteiger partial charge in [0.2, 0.25) is 0 Å². The molecule has 0 bridgehead atoms. The Morgan fingerprint density at radius 1 is 1.11 bits per heavy atom. The van der Waals surface area contributed by atoms with Crippen molar-refractivity contribution < 1.29 is 18.7 Å². The van der Waals surface area contributed by atoms with E-state index in [2.05, 4.69) is 82.7 Å². The topological polar surface area (TPSA) is 152 Å². The van der Waals surface area contributed by atoms with Crippen molar-refractivity contribution in [2.75, 3.05) is 6.54 Å². The van der Waals surface area contributed by atoms with Gasteiger partial charge in [0.05, 0.1) is 12.6 Å². The predicted molar refractivity (Wildman–Crippen MR) is 139 cm³/mol. The van der Waals surface area contributed by atoms with Gasteiger partial charge in [-0.1, -0.05) is 46.7 Å². The van der Waals surface area contributed by atoms with Crippen LogP contribution in [0, 0.1) is 0 Å². The number of nitrogens with one attached hydrogen (secondary N) is 1. The maximum Gasteiger partial charge on any atom is 0.330 e. The highest BCUT2D eigenvalue weighted by Crippen LogP contribution is 2.45. The van der Waals surface area contributed by atoms with Gasteiger partial charge < -0.3 is 18.7 Å². The molecular weight excluding hydrogens is 486 g/mol. The Morgan fingerprint density at radius 2 is 1.63 bits per heavy atom. The van der Waals surface area contributed by atoms with Gasteiger partial charge in [-0.05, 0) is 41.8 Å². The summed E-state index contributed by atoms with van der Waals surface area (Å²) < 4.78 is 21.1. The highest BCUT2D eigenvalue weighted by Gasteiger charge is 2.55. The van der Waals surface area contributed by atoms with E-state index in [9.17, 15) is 14.7 Å². The lowest BCUT2D eigenvalue weighted by atomic mass is 10.1. The van der Waals surface area contributed by atoms with Crippen molar-refractivity contribution in [1.82, 2.24) is 9.55 Å². The minimum atomic E-state index is -2.42.